The Labute approximate surface area is 94.3 Å². The molecule has 0 amide bonds. The first-order chi connectivity index (χ1) is 7.83. The standard InChI is InChI=1S/C15H12O/c1-11-2-4-12(5-3-11)14-7-6-13-8-9-16-15(13)10-14/h2-10H,1H3. The summed E-state index contributed by atoms with van der Waals surface area (Å²) in [7, 11) is 0. The first-order valence-corrected chi connectivity index (χ1v) is 5.37. The number of hydrogen-bond donors (Lipinski definition) is 0. The Morgan fingerprint density at radius 3 is 2.38 bits per heavy atom. The van der Waals surface area contributed by atoms with Crippen LogP contribution >= 0.6 is 0 Å². The maximum atomic E-state index is 5.40. The fraction of sp³-hybridized carbons (Fsp3) is 0.0667. The van der Waals surface area contributed by atoms with Crippen molar-refractivity contribution in [2.45, 2.75) is 6.92 Å². The summed E-state index contributed by atoms with van der Waals surface area (Å²) >= 11 is 0. The number of rotatable bonds is 1. The SMILES string of the molecule is Cc1ccc(-c2ccc3ccoc3c2)cc1. The number of aryl methyl sites for hydroxylation is 1. The average molecular weight is 208 g/mol. The average Bonchev–Trinajstić information content (AvgIpc) is 2.77. The normalized spacial score (nSPS) is 10.8. The van der Waals surface area contributed by atoms with Gasteiger partial charge in [0.05, 0.1) is 6.26 Å². The van der Waals surface area contributed by atoms with Gasteiger partial charge in [-0.2, -0.15) is 0 Å². The Morgan fingerprint density at radius 2 is 1.56 bits per heavy atom. The summed E-state index contributed by atoms with van der Waals surface area (Å²) in [6, 6.07) is 16.8. The molecule has 0 radical (unpaired) electrons. The van der Waals surface area contributed by atoms with E-state index in [-0.39, 0.29) is 0 Å². The van der Waals surface area contributed by atoms with E-state index >= 15 is 0 Å². The maximum Gasteiger partial charge on any atom is 0.134 e. The van der Waals surface area contributed by atoms with Crippen LogP contribution < -0.4 is 0 Å². The third-order valence-corrected chi connectivity index (χ3v) is 2.84. The fourth-order valence-corrected chi connectivity index (χ4v) is 1.88. The van der Waals surface area contributed by atoms with E-state index in [4.69, 9.17) is 4.42 Å². The van der Waals surface area contributed by atoms with Crippen LogP contribution in [0.5, 0.6) is 0 Å². The summed E-state index contributed by atoms with van der Waals surface area (Å²) in [6.07, 6.45) is 1.73. The molecule has 3 aromatic rings. The van der Waals surface area contributed by atoms with Crippen molar-refractivity contribution >= 4 is 11.0 Å². The highest BCUT2D eigenvalue weighted by Gasteiger charge is 2.01. The summed E-state index contributed by atoms with van der Waals surface area (Å²) in [5.41, 5.74) is 4.65. The van der Waals surface area contributed by atoms with E-state index in [0.717, 1.165) is 11.0 Å². The molecule has 2 aromatic carbocycles. The molecule has 0 aliphatic heterocycles. The number of benzene rings is 2. The summed E-state index contributed by atoms with van der Waals surface area (Å²) in [5.74, 6) is 0. The van der Waals surface area contributed by atoms with Crippen molar-refractivity contribution in [1.82, 2.24) is 0 Å². The van der Waals surface area contributed by atoms with Crippen molar-refractivity contribution in [1.29, 1.82) is 0 Å². The largest absolute Gasteiger partial charge is 0.464 e. The van der Waals surface area contributed by atoms with Crippen LogP contribution in [-0.4, -0.2) is 0 Å². The molecule has 0 fully saturated rings. The van der Waals surface area contributed by atoms with Gasteiger partial charge in [0.25, 0.3) is 0 Å². The van der Waals surface area contributed by atoms with Crippen molar-refractivity contribution in [3.63, 3.8) is 0 Å². The van der Waals surface area contributed by atoms with Crippen LogP contribution in [0.15, 0.2) is 59.2 Å². The summed E-state index contributed by atoms with van der Waals surface area (Å²) < 4.78 is 5.40. The van der Waals surface area contributed by atoms with E-state index in [1.807, 2.05) is 6.07 Å². The summed E-state index contributed by atoms with van der Waals surface area (Å²) in [5, 5.41) is 1.15. The Hall–Kier alpha value is -2.02. The lowest BCUT2D eigenvalue weighted by molar-refractivity contribution is 0.616. The van der Waals surface area contributed by atoms with Gasteiger partial charge in [0, 0.05) is 5.39 Å². The van der Waals surface area contributed by atoms with Crippen LogP contribution in [0.25, 0.3) is 22.1 Å². The number of furan rings is 1. The lowest BCUT2D eigenvalue weighted by Crippen LogP contribution is -1.78. The smallest absolute Gasteiger partial charge is 0.134 e. The van der Waals surface area contributed by atoms with Crippen molar-refractivity contribution in [2.75, 3.05) is 0 Å². The minimum Gasteiger partial charge on any atom is -0.464 e. The van der Waals surface area contributed by atoms with Gasteiger partial charge in [0.1, 0.15) is 5.58 Å². The molecular formula is C15H12O. The summed E-state index contributed by atoms with van der Waals surface area (Å²) in [6.45, 7) is 2.10. The zero-order valence-electron chi connectivity index (χ0n) is 9.10. The highest BCUT2D eigenvalue weighted by Crippen LogP contribution is 2.25. The molecule has 1 nitrogen and oxygen atoms in total. The number of hydrogen-bond acceptors (Lipinski definition) is 1. The Bertz CT molecular complexity index is 617. The van der Waals surface area contributed by atoms with Gasteiger partial charge in [-0.1, -0.05) is 42.0 Å². The molecule has 3 rings (SSSR count). The fourth-order valence-electron chi connectivity index (χ4n) is 1.88. The number of fused-ring (bicyclic) bond motifs is 1. The quantitative estimate of drug-likeness (QED) is 0.577. The summed E-state index contributed by atoms with van der Waals surface area (Å²) in [4.78, 5) is 0. The van der Waals surface area contributed by atoms with Crippen LogP contribution in [0.2, 0.25) is 0 Å². The molecular weight excluding hydrogens is 196 g/mol. The molecule has 0 saturated heterocycles. The molecule has 0 aliphatic rings. The van der Waals surface area contributed by atoms with Gasteiger partial charge >= 0.3 is 0 Å². The van der Waals surface area contributed by atoms with Crippen LogP contribution in [-0.2, 0) is 0 Å². The van der Waals surface area contributed by atoms with Crippen LogP contribution in [0.3, 0.4) is 0 Å². The second-order valence-corrected chi connectivity index (χ2v) is 4.04. The third kappa shape index (κ3) is 1.50. The molecule has 1 heteroatoms. The molecule has 78 valence electrons. The van der Waals surface area contributed by atoms with Crippen molar-refractivity contribution < 1.29 is 4.42 Å². The van der Waals surface area contributed by atoms with E-state index in [0.29, 0.717) is 0 Å². The predicted molar refractivity (Wildman–Crippen MR) is 66.4 cm³/mol. The molecule has 0 saturated carbocycles. The van der Waals surface area contributed by atoms with Crippen molar-refractivity contribution in [2.24, 2.45) is 0 Å². The monoisotopic (exact) mass is 208 g/mol. The Morgan fingerprint density at radius 1 is 0.812 bits per heavy atom. The Kier molecular flexibility index (Phi) is 2.03. The second kappa shape index (κ2) is 3.53. The van der Waals surface area contributed by atoms with Gasteiger partial charge in [-0.15, -0.1) is 0 Å². The van der Waals surface area contributed by atoms with Gasteiger partial charge in [-0.25, -0.2) is 0 Å². The van der Waals surface area contributed by atoms with Crippen molar-refractivity contribution in [3.05, 3.63) is 60.4 Å². The minimum atomic E-state index is 0.943. The van der Waals surface area contributed by atoms with E-state index in [1.165, 1.54) is 16.7 Å². The third-order valence-electron chi connectivity index (χ3n) is 2.84. The zero-order chi connectivity index (χ0) is 11.0. The maximum absolute atomic E-state index is 5.40. The zero-order valence-corrected chi connectivity index (χ0v) is 9.10. The van der Waals surface area contributed by atoms with Gasteiger partial charge < -0.3 is 4.42 Å². The van der Waals surface area contributed by atoms with E-state index < -0.39 is 0 Å². The molecule has 1 aromatic heterocycles. The van der Waals surface area contributed by atoms with E-state index in [2.05, 4.69) is 49.4 Å². The molecule has 0 aliphatic carbocycles. The first kappa shape index (κ1) is 9.22. The van der Waals surface area contributed by atoms with Crippen LogP contribution in [0.1, 0.15) is 5.56 Å². The minimum absolute atomic E-state index is 0.943. The molecule has 16 heavy (non-hydrogen) atoms. The predicted octanol–water partition coefficient (Wildman–Crippen LogP) is 4.41. The molecule has 0 N–H and O–H groups in total. The first-order valence-electron chi connectivity index (χ1n) is 5.37. The molecule has 0 spiro atoms. The van der Waals surface area contributed by atoms with Gasteiger partial charge in [-0.05, 0) is 30.2 Å². The van der Waals surface area contributed by atoms with E-state index in [9.17, 15) is 0 Å². The molecule has 1 heterocycles. The van der Waals surface area contributed by atoms with Crippen LogP contribution in [0.4, 0.5) is 0 Å². The highest BCUT2D eigenvalue weighted by molar-refractivity contribution is 5.83. The van der Waals surface area contributed by atoms with Gasteiger partial charge in [-0.3, -0.25) is 0 Å². The highest BCUT2D eigenvalue weighted by atomic mass is 16.3. The van der Waals surface area contributed by atoms with Crippen LogP contribution in [0, 0.1) is 6.92 Å². The molecule has 0 atom stereocenters. The molecule has 0 bridgehead atoms. The lowest BCUT2D eigenvalue weighted by atomic mass is 10.0. The van der Waals surface area contributed by atoms with Crippen molar-refractivity contribution in [3.8, 4) is 11.1 Å². The van der Waals surface area contributed by atoms with Gasteiger partial charge in [0.15, 0.2) is 0 Å². The second-order valence-electron chi connectivity index (χ2n) is 4.04. The topological polar surface area (TPSA) is 13.1 Å². The van der Waals surface area contributed by atoms with E-state index in [1.54, 1.807) is 6.26 Å². The lowest BCUT2D eigenvalue weighted by Gasteiger charge is -2.01. The Balaban J connectivity index is 2.14. The molecule has 0 unspecified atom stereocenters. The van der Waals surface area contributed by atoms with Gasteiger partial charge in [0.2, 0.25) is 0 Å².